The van der Waals surface area contributed by atoms with Crippen LogP contribution in [0.5, 0.6) is 17.2 Å². The molecule has 0 aromatic heterocycles. The lowest BCUT2D eigenvalue weighted by Gasteiger charge is -2.35. The van der Waals surface area contributed by atoms with Gasteiger partial charge in [0.1, 0.15) is 22.8 Å². The number of aliphatic hydroxyl groups excluding tert-OH is 2. The van der Waals surface area contributed by atoms with E-state index in [1.807, 2.05) is 0 Å². The Hall–Kier alpha value is -1.29. The van der Waals surface area contributed by atoms with Crippen molar-refractivity contribution in [2.45, 2.75) is 6.10 Å². The normalized spacial score (nSPS) is 15.8. The summed E-state index contributed by atoms with van der Waals surface area (Å²) in [5, 5.41) is 18.5. The molecule has 0 spiro atoms. The quantitative estimate of drug-likeness (QED) is 0.542. The molecule has 2 N–H and O–H groups in total. The maximum atomic E-state index is 12.8. The first kappa shape index (κ1) is 26.7. The SMILES string of the molecule is COc1cc(OC)c(C(=O)CN2CCN(CC(O)CO)CC2)c(OC)c1.Cl.Cl. The van der Waals surface area contributed by atoms with Crippen LogP contribution in [-0.4, -0.2) is 99.1 Å². The van der Waals surface area contributed by atoms with Crippen LogP contribution in [0.15, 0.2) is 12.1 Å². The number of piperazine rings is 1. The predicted octanol–water partition coefficient (Wildman–Crippen LogP) is 0.709. The third kappa shape index (κ3) is 6.95. The van der Waals surface area contributed by atoms with Gasteiger partial charge in [-0.1, -0.05) is 0 Å². The van der Waals surface area contributed by atoms with Crippen LogP contribution < -0.4 is 14.2 Å². The highest BCUT2D eigenvalue weighted by molar-refractivity contribution is 6.03. The molecule has 10 heteroatoms. The van der Waals surface area contributed by atoms with Gasteiger partial charge < -0.3 is 24.4 Å². The number of ether oxygens (including phenoxy) is 3. The fourth-order valence-electron chi connectivity index (χ4n) is 3.05. The van der Waals surface area contributed by atoms with Crippen molar-refractivity contribution in [1.82, 2.24) is 9.80 Å². The number of aliphatic hydroxyl groups is 2. The molecule has 1 atom stereocenters. The topological polar surface area (TPSA) is 91.7 Å². The Bertz CT molecular complexity index is 587. The smallest absolute Gasteiger partial charge is 0.184 e. The third-order valence-electron chi connectivity index (χ3n) is 4.51. The zero-order valence-electron chi connectivity index (χ0n) is 16.4. The van der Waals surface area contributed by atoms with Gasteiger partial charge in [0, 0.05) is 44.9 Å². The van der Waals surface area contributed by atoms with Crippen molar-refractivity contribution in [2.75, 3.05) is 67.2 Å². The van der Waals surface area contributed by atoms with E-state index in [9.17, 15) is 9.90 Å². The lowest BCUT2D eigenvalue weighted by Crippen LogP contribution is -2.50. The number of Topliss-reactive ketones (excluding diaryl/α,β-unsaturated/α-hetero) is 1. The van der Waals surface area contributed by atoms with E-state index >= 15 is 0 Å². The summed E-state index contributed by atoms with van der Waals surface area (Å²) in [6, 6.07) is 3.34. The minimum absolute atomic E-state index is 0. The van der Waals surface area contributed by atoms with Gasteiger partial charge in [0.25, 0.3) is 0 Å². The molecular formula is C18H30Cl2N2O6. The molecule has 0 amide bonds. The number of ketones is 1. The van der Waals surface area contributed by atoms with Crippen LogP contribution in [0.25, 0.3) is 0 Å². The van der Waals surface area contributed by atoms with Crippen molar-refractivity contribution < 1.29 is 29.2 Å². The van der Waals surface area contributed by atoms with E-state index in [0.717, 1.165) is 13.1 Å². The highest BCUT2D eigenvalue weighted by Gasteiger charge is 2.25. The molecule has 8 nitrogen and oxygen atoms in total. The summed E-state index contributed by atoms with van der Waals surface area (Å²) >= 11 is 0. The lowest BCUT2D eigenvalue weighted by atomic mass is 10.1. The molecule has 2 rings (SSSR count). The van der Waals surface area contributed by atoms with Crippen LogP contribution in [0.1, 0.15) is 10.4 Å². The average Bonchev–Trinajstić information content (AvgIpc) is 2.67. The second-order valence-corrected chi connectivity index (χ2v) is 6.24. The van der Waals surface area contributed by atoms with E-state index in [1.54, 1.807) is 19.2 Å². The van der Waals surface area contributed by atoms with E-state index in [1.165, 1.54) is 14.2 Å². The summed E-state index contributed by atoms with van der Waals surface area (Å²) < 4.78 is 15.9. The summed E-state index contributed by atoms with van der Waals surface area (Å²) in [5.74, 6) is 1.34. The molecule has 1 aromatic rings. The number of carbonyl (C=O) groups is 1. The minimum atomic E-state index is -0.726. The van der Waals surface area contributed by atoms with Crippen LogP contribution in [0, 0.1) is 0 Å². The van der Waals surface area contributed by atoms with Gasteiger partial charge >= 0.3 is 0 Å². The van der Waals surface area contributed by atoms with Crippen LogP contribution in [-0.2, 0) is 0 Å². The first-order valence-electron chi connectivity index (χ1n) is 8.59. The predicted molar refractivity (Wildman–Crippen MR) is 111 cm³/mol. The van der Waals surface area contributed by atoms with Gasteiger partial charge in [-0.3, -0.25) is 14.6 Å². The number of hydrogen-bond donors (Lipinski definition) is 2. The second-order valence-electron chi connectivity index (χ2n) is 6.24. The summed E-state index contributed by atoms with van der Waals surface area (Å²) in [7, 11) is 4.56. The first-order valence-corrected chi connectivity index (χ1v) is 8.59. The van der Waals surface area contributed by atoms with Crippen molar-refractivity contribution in [2.24, 2.45) is 0 Å². The van der Waals surface area contributed by atoms with Crippen LogP contribution in [0.2, 0.25) is 0 Å². The molecule has 0 saturated carbocycles. The van der Waals surface area contributed by atoms with Gasteiger partial charge in [0.05, 0.1) is 40.6 Å². The maximum Gasteiger partial charge on any atom is 0.184 e. The standard InChI is InChI=1S/C18H28N2O6.2ClH/c1-24-14-8-16(25-2)18(17(9-14)26-3)15(23)11-20-6-4-19(5-7-20)10-13(22)12-21;;/h8-9,13,21-22H,4-7,10-12H2,1-3H3;2*1H. The van der Waals surface area contributed by atoms with Crippen molar-refractivity contribution in [3.05, 3.63) is 17.7 Å². The Labute approximate surface area is 178 Å². The molecule has 0 aliphatic carbocycles. The molecule has 1 heterocycles. The van der Waals surface area contributed by atoms with Crippen molar-refractivity contribution in [3.8, 4) is 17.2 Å². The molecule has 1 aromatic carbocycles. The Morgan fingerprint density at radius 3 is 1.93 bits per heavy atom. The Balaban J connectivity index is 0.00000364. The van der Waals surface area contributed by atoms with Gasteiger partial charge in [0.2, 0.25) is 0 Å². The average molecular weight is 441 g/mol. The maximum absolute atomic E-state index is 12.8. The fourth-order valence-corrected chi connectivity index (χ4v) is 3.05. The molecule has 1 unspecified atom stereocenters. The summed E-state index contributed by atoms with van der Waals surface area (Å²) in [6.07, 6.45) is -0.726. The second kappa shape index (κ2) is 13.0. The van der Waals surface area contributed by atoms with E-state index in [-0.39, 0.29) is 43.7 Å². The molecule has 1 aliphatic rings. The van der Waals surface area contributed by atoms with Crippen LogP contribution in [0.4, 0.5) is 0 Å². The molecular weight excluding hydrogens is 411 g/mol. The molecule has 1 fully saturated rings. The van der Waals surface area contributed by atoms with E-state index in [2.05, 4.69) is 9.80 Å². The minimum Gasteiger partial charge on any atom is -0.496 e. The summed E-state index contributed by atoms with van der Waals surface area (Å²) in [6.45, 7) is 3.36. The van der Waals surface area contributed by atoms with Gasteiger partial charge in [-0.15, -0.1) is 24.8 Å². The largest absolute Gasteiger partial charge is 0.496 e. The molecule has 162 valence electrons. The zero-order valence-corrected chi connectivity index (χ0v) is 18.1. The van der Waals surface area contributed by atoms with Crippen molar-refractivity contribution >= 4 is 30.6 Å². The van der Waals surface area contributed by atoms with Gasteiger partial charge in [-0.05, 0) is 0 Å². The third-order valence-corrected chi connectivity index (χ3v) is 4.51. The van der Waals surface area contributed by atoms with E-state index < -0.39 is 6.10 Å². The molecule has 0 bridgehead atoms. The number of nitrogens with zero attached hydrogens (tertiary/aromatic N) is 2. The zero-order chi connectivity index (χ0) is 19.1. The van der Waals surface area contributed by atoms with E-state index in [0.29, 0.717) is 42.4 Å². The number of halogens is 2. The van der Waals surface area contributed by atoms with Crippen LogP contribution >= 0.6 is 24.8 Å². The first-order chi connectivity index (χ1) is 12.5. The van der Waals surface area contributed by atoms with E-state index in [4.69, 9.17) is 19.3 Å². The number of methoxy groups -OCH3 is 3. The van der Waals surface area contributed by atoms with Gasteiger partial charge in [-0.25, -0.2) is 0 Å². The van der Waals surface area contributed by atoms with Crippen LogP contribution in [0.3, 0.4) is 0 Å². The van der Waals surface area contributed by atoms with Gasteiger partial charge in [-0.2, -0.15) is 0 Å². The number of carbonyl (C=O) groups excluding carboxylic acids is 1. The Morgan fingerprint density at radius 2 is 1.50 bits per heavy atom. The van der Waals surface area contributed by atoms with Crippen molar-refractivity contribution in [3.63, 3.8) is 0 Å². The molecule has 1 saturated heterocycles. The Morgan fingerprint density at radius 1 is 1.00 bits per heavy atom. The Kier molecular flexibility index (Phi) is 12.4. The lowest BCUT2D eigenvalue weighted by molar-refractivity contribution is 0.0390. The fraction of sp³-hybridized carbons (Fsp3) is 0.611. The summed E-state index contributed by atoms with van der Waals surface area (Å²) in [5.41, 5.74) is 0.411. The number of rotatable bonds is 9. The van der Waals surface area contributed by atoms with Crippen molar-refractivity contribution in [1.29, 1.82) is 0 Å². The number of benzene rings is 1. The highest BCUT2D eigenvalue weighted by atomic mass is 35.5. The monoisotopic (exact) mass is 440 g/mol. The van der Waals surface area contributed by atoms with Gasteiger partial charge in [0.15, 0.2) is 5.78 Å². The molecule has 0 radical (unpaired) electrons. The summed E-state index contributed by atoms with van der Waals surface area (Å²) in [4.78, 5) is 17.0. The molecule has 1 aliphatic heterocycles. The molecule has 28 heavy (non-hydrogen) atoms. The number of β-amino-alcohol motifs (C(OH)–C–C–N with tert-alkyl or cyclic N) is 1. The highest BCUT2D eigenvalue weighted by Crippen LogP contribution is 2.34. The number of hydrogen-bond acceptors (Lipinski definition) is 8.